The van der Waals surface area contributed by atoms with Crippen molar-refractivity contribution in [2.45, 2.75) is 32.9 Å². The van der Waals surface area contributed by atoms with Crippen LogP contribution in [0.4, 0.5) is 0 Å². The highest BCUT2D eigenvalue weighted by molar-refractivity contribution is 9.10. The minimum absolute atomic E-state index is 0.0544. The van der Waals surface area contributed by atoms with E-state index in [1.165, 1.54) is 6.42 Å². The summed E-state index contributed by atoms with van der Waals surface area (Å²) in [4.78, 5) is 0. The highest BCUT2D eigenvalue weighted by Gasteiger charge is 2.50. The SMILES string of the molecule is COCCn1ncc(Br)c1C(N)C1CC1(C)C. The van der Waals surface area contributed by atoms with Crippen molar-refractivity contribution in [2.24, 2.45) is 17.1 Å². The molecule has 0 saturated heterocycles. The minimum Gasteiger partial charge on any atom is -0.383 e. The van der Waals surface area contributed by atoms with Crippen molar-refractivity contribution in [1.29, 1.82) is 0 Å². The van der Waals surface area contributed by atoms with E-state index in [1.807, 2.05) is 10.9 Å². The molecule has 0 aliphatic heterocycles. The number of nitrogens with two attached hydrogens (primary N) is 1. The van der Waals surface area contributed by atoms with E-state index < -0.39 is 0 Å². The molecule has 2 N–H and O–H groups in total. The number of halogens is 1. The normalized spacial score (nSPS) is 23.7. The molecule has 1 saturated carbocycles. The Balaban J connectivity index is 2.16. The van der Waals surface area contributed by atoms with E-state index in [9.17, 15) is 0 Å². The fourth-order valence-electron chi connectivity index (χ4n) is 2.37. The first-order chi connectivity index (χ1) is 7.97. The first-order valence-corrected chi connectivity index (χ1v) is 6.72. The van der Waals surface area contributed by atoms with Gasteiger partial charge in [-0.2, -0.15) is 5.10 Å². The Labute approximate surface area is 111 Å². The van der Waals surface area contributed by atoms with Crippen LogP contribution in [0.15, 0.2) is 10.7 Å². The molecule has 4 nitrogen and oxygen atoms in total. The predicted octanol–water partition coefficient (Wildman–Crippen LogP) is 2.34. The van der Waals surface area contributed by atoms with Crippen LogP contribution in [-0.4, -0.2) is 23.5 Å². The van der Waals surface area contributed by atoms with E-state index in [4.69, 9.17) is 10.5 Å². The van der Waals surface area contributed by atoms with E-state index in [0.29, 0.717) is 17.9 Å². The molecular weight excluding hydrogens is 282 g/mol. The molecule has 0 aromatic carbocycles. The third kappa shape index (κ3) is 2.56. The van der Waals surface area contributed by atoms with Gasteiger partial charge in [0, 0.05) is 7.11 Å². The van der Waals surface area contributed by atoms with Crippen molar-refractivity contribution in [1.82, 2.24) is 9.78 Å². The summed E-state index contributed by atoms with van der Waals surface area (Å²) in [5.74, 6) is 0.553. The topological polar surface area (TPSA) is 53.1 Å². The third-order valence-electron chi connectivity index (χ3n) is 3.68. The van der Waals surface area contributed by atoms with Crippen LogP contribution in [0, 0.1) is 11.3 Å². The first-order valence-electron chi connectivity index (χ1n) is 5.93. The zero-order chi connectivity index (χ0) is 12.6. The summed E-state index contributed by atoms with van der Waals surface area (Å²) in [7, 11) is 1.70. The van der Waals surface area contributed by atoms with Crippen LogP contribution in [0.5, 0.6) is 0 Å². The van der Waals surface area contributed by atoms with E-state index in [1.54, 1.807) is 7.11 Å². The van der Waals surface area contributed by atoms with E-state index in [2.05, 4.69) is 34.9 Å². The van der Waals surface area contributed by atoms with Gasteiger partial charge in [-0.1, -0.05) is 13.8 Å². The molecule has 0 spiro atoms. The van der Waals surface area contributed by atoms with Gasteiger partial charge in [0.1, 0.15) is 0 Å². The van der Waals surface area contributed by atoms with Crippen LogP contribution in [0.1, 0.15) is 32.0 Å². The highest BCUT2D eigenvalue weighted by Crippen LogP contribution is 2.57. The lowest BCUT2D eigenvalue weighted by atomic mass is 10.0. The van der Waals surface area contributed by atoms with Crippen molar-refractivity contribution in [3.63, 3.8) is 0 Å². The summed E-state index contributed by atoms with van der Waals surface area (Å²) in [5, 5.41) is 4.34. The molecule has 2 rings (SSSR count). The fourth-order valence-corrected chi connectivity index (χ4v) is 2.93. The van der Waals surface area contributed by atoms with Crippen molar-refractivity contribution >= 4 is 15.9 Å². The van der Waals surface area contributed by atoms with Gasteiger partial charge < -0.3 is 10.5 Å². The van der Waals surface area contributed by atoms with Crippen LogP contribution < -0.4 is 5.73 Å². The first kappa shape index (κ1) is 13.1. The molecular formula is C12H20BrN3O. The molecule has 2 atom stereocenters. The zero-order valence-corrected chi connectivity index (χ0v) is 12.2. The fraction of sp³-hybridized carbons (Fsp3) is 0.750. The second-order valence-electron chi connectivity index (χ2n) is 5.42. The smallest absolute Gasteiger partial charge is 0.0697 e. The number of hydrogen-bond donors (Lipinski definition) is 1. The number of rotatable bonds is 5. The lowest BCUT2D eigenvalue weighted by Crippen LogP contribution is -2.21. The van der Waals surface area contributed by atoms with Crippen LogP contribution in [-0.2, 0) is 11.3 Å². The van der Waals surface area contributed by atoms with Gasteiger partial charge in [-0.25, -0.2) is 0 Å². The van der Waals surface area contributed by atoms with Crippen molar-refractivity contribution in [3.05, 3.63) is 16.4 Å². The van der Waals surface area contributed by atoms with Gasteiger partial charge in [-0.3, -0.25) is 4.68 Å². The van der Waals surface area contributed by atoms with E-state index >= 15 is 0 Å². The average Bonchev–Trinajstić information content (AvgIpc) is 2.75. The number of nitrogens with zero attached hydrogens (tertiary/aromatic N) is 2. The van der Waals surface area contributed by atoms with Gasteiger partial charge in [0.25, 0.3) is 0 Å². The average molecular weight is 302 g/mol. The lowest BCUT2D eigenvalue weighted by Gasteiger charge is -2.16. The summed E-state index contributed by atoms with van der Waals surface area (Å²) in [6.07, 6.45) is 3.01. The lowest BCUT2D eigenvalue weighted by molar-refractivity contribution is 0.181. The molecule has 1 aromatic rings. The van der Waals surface area contributed by atoms with E-state index in [0.717, 1.165) is 16.7 Å². The molecule has 1 aliphatic rings. The molecule has 0 bridgehead atoms. The summed E-state index contributed by atoms with van der Waals surface area (Å²) < 4.78 is 8.04. The maximum Gasteiger partial charge on any atom is 0.0697 e. The Morgan fingerprint density at radius 2 is 2.35 bits per heavy atom. The Morgan fingerprint density at radius 3 is 2.88 bits per heavy atom. The molecule has 1 heterocycles. The third-order valence-corrected chi connectivity index (χ3v) is 4.29. The standard InChI is InChI=1S/C12H20BrN3O/c1-12(2)6-8(12)10(14)11-9(13)7-15-16(11)4-5-17-3/h7-8,10H,4-6,14H2,1-3H3. The molecule has 0 radical (unpaired) electrons. The summed E-state index contributed by atoms with van der Waals surface area (Å²) in [5.41, 5.74) is 7.83. The quantitative estimate of drug-likeness (QED) is 0.908. The minimum atomic E-state index is 0.0544. The maximum atomic E-state index is 6.36. The van der Waals surface area contributed by atoms with Crippen molar-refractivity contribution < 1.29 is 4.74 Å². The maximum absolute atomic E-state index is 6.36. The predicted molar refractivity (Wildman–Crippen MR) is 70.6 cm³/mol. The molecule has 0 amide bonds. The molecule has 5 heteroatoms. The largest absolute Gasteiger partial charge is 0.383 e. The summed E-state index contributed by atoms with van der Waals surface area (Å²) >= 11 is 3.54. The monoisotopic (exact) mass is 301 g/mol. The molecule has 1 aromatic heterocycles. The Morgan fingerprint density at radius 1 is 1.71 bits per heavy atom. The molecule has 1 fully saturated rings. The Bertz CT molecular complexity index is 402. The van der Waals surface area contributed by atoms with Gasteiger partial charge in [0.05, 0.1) is 35.6 Å². The molecule has 17 heavy (non-hydrogen) atoms. The van der Waals surface area contributed by atoms with Crippen LogP contribution in [0.25, 0.3) is 0 Å². The number of ether oxygens (including phenoxy) is 1. The van der Waals surface area contributed by atoms with Crippen molar-refractivity contribution in [2.75, 3.05) is 13.7 Å². The highest BCUT2D eigenvalue weighted by atomic mass is 79.9. The number of aromatic nitrogens is 2. The van der Waals surface area contributed by atoms with E-state index in [-0.39, 0.29) is 6.04 Å². The van der Waals surface area contributed by atoms with Gasteiger partial charge in [0.15, 0.2) is 0 Å². The Kier molecular flexibility index (Phi) is 3.61. The molecule has 1 aliphatic carbocycles. The van der Waals surface area contributed by atoms with Crippen LogP contribution in [0.2, 0.25) is 0 Å². The van der Waals surface area contributed by atoms with Crippen LogP contribution >= 0.6 is 15.9 Å². The van der Waals surface area contributed by atoms with Gasteiger partial charge in [-0.05, 0) is 33.7 Å². The molecule has 96 valence electrons. The van der Waals surface area contributed by atoms with Gasteiger partial charge in [0.2, 0.25) is 0 Å². The zero-order valence-electron chi connectivity index (χ0n) is 10.6. The molecule has 2 unspecified atom stereocenters. The van der Waals surface area contributed by atoms with Crippen molar-refractivity contribution in [3.8, 4) is 0 Å². The Hall–Kier alpha value is -0.390. The van der Waals surface area contributed by atoms with Gasteiger partial charge >= 0.3 is 0 Å². The summed E-state index contributed by atoms with van der Waals surface area (Å²) in [6.45, 7) is 5.93. The number of methoxy groups -OCH3 is 1. The second-order valence-corrected chi connectivity index (χ2v) is 6.27. The van der Waals surface area contributed by atoms with Crippen LogP contribution in [0.3, 0.4) is 0 Å². The summed E-state index contributed by atoms with van der Waals surface area (Å²) in [6, 6.07) is 0.0544. The number of hydrogen-bond acceptors (Lipinski definition) is 3. The van der Waals surface area contributed by atoms with Gasteiger partial charge in [-0.15, -0.1) is 0 Å². The second kappa shape index (κ2) is 4.71.